The number of ether oxygens (including phenoxy) is 1. The maximum atomic E-state index is 6.64. The number of hydrogen-bond donors (Lipinski definition) is 3. The molecule has 0 saturated carbocycles. The van der Waals surface area contributed by atoms with Gasteiger partial charge in [0.25, 0.3) is 0 Å². The zero-order valence-electron chi connectivity index (χ0n) is 20.9. The van der Waals surface area contributed by atoms with Gasteiger partial charge in [-0.25, -0.2) is 9.97 Å². The Morgan fingerprint density at radius 1 is 1.26 bits per heavy atom. The first-order valence-electron chi connectivity index (χ1n) is 11.5. The molecule has 1 aliphatic carbocycles. The first kappa shape index (κ1) is 23.9. The second kappa shape index (κ2) is 9.58. The number of aryl methyl sites for hydroxylation is 2. The van der Waals surface area contributed by atoms with Crippen molar-refractivity contribution in [3.8, 4) is 11.3 Å². The van der Waals surface area contributed by atoms with E-state index in [0.717, 1.165) is 46.4 Å². The van der Waals surface area contributed by atoms with Gasteiger partial charge in [0, 0.05) is 41.9 Å². The third kappa shape index (κ3) is 4.44. The Labute approximate surface area is 201 Å². The van der Waals surface area contributed by atoms with Crippen LogP contribution in [0.25, 0.3) is 22.2 Å². The molecule has 4 rings (SSSR count). The molecule has 2 aromatic heterocycles. The summed E-state index contributed by atoms with van der Waals surface area (Å²) in [6.07, 6.45) is 8.88. The van der Waals surface area contributed by atoms with Crippen molar-refractivity contribution in [3.63, 3.8) is 0 Å². The molecule has 8 heteroatoms. The number of likely N-dealkylation sites (N-methyl/N-ethyl adjacent to an activating group) is 1. The molecule has 1 aromatic carbocycles. The molecule has 0 radical (unpaired) electrons. The normalized spacial score (nSPS) is 20.4. The molecular weight excluding hydrogens is 426 g/mol. The van der Waals surface area contributed by atoms with Gasteiger partial charge in [-0.2, -0.15) is 0 Å². The molecule has 0 saturated heterocycles. The van der Waals surface area contributed by atoms with Crippen molar-refractivity contribution < 1.29 is 4.74 Å². The number of nitrogens with zero attached hydrogens (tertiary/aromatic N) is 4. The molecule has 4 N–H and O–H groups in total. The summed E-state index contributed by atoms with van der Waals surface area (Å²) >= 11 is 0. The maximum Gasteiger partial charge on any atom is 0.227 e. The van der Waals surface area contributed by atoms with Gasteiger partial charge in [-0.3, -0.25) is 0 Å². The van der Waals surface area contributed by atoms with E-state index in [1.807, 2.05) is 32.3 Å². The van der Waals surface area contributed by atoms with E-state index in [2.05, 4.69) is 76.7 Å². The predicted octanol–water partition coefficient (Wildman–Crippen LogP) is 3.02. The highest BCUT2D eigenvalue weighted by atomic mass is 16.5. The quantitative estimate of drug-likeness (QED) is 0.475. The van der Waals surface area contributed by atoms with E-state index in [1.54, 1.807) is 7.11 Å². The number of hydrogen-bond acceptors (Lipinski definition) is 7. The Hall–Kier alpha value is -3.20. The average Bonchev–Trinajstić information content (AvgIpc) is 3.16. The van der Waals surface area contributed by atoms with Gasteiger partial charge in [0.1, 0.15) is 5.76 Å². The lowest BCUT2D eigenvalue weighted by atomic mass is 9.82. The molecule has 1 aliphatic rings. The van der Waals surface area contributed by atoms with Crippen LogP contribution in [0, 0.1) is 6.92 Å². The average molecular weight is 462 g/mol. The van der Waals surface area contributed by atoms with E-state index in [9.17, 15) is 0 Å². The minimum Gasteiger partial charge on any atom is -0.495 e. The van der Waals surface area contributed by atoms with Crippen molar-refractivity contribution in [2.45, 2.75) is 24.9 Å². The molecule has 2 unspecified atom stereocenters. The number of rotatable bonds is 8. The van der Waals surface area contributed by atoms with E-state index >= 15 is 0 Å². The number of nitrogens with two attached hydrogens (primary N) is 1. The van der Waals surface area contributed by atoms with Crippen molar-refractivity contribution in [2.24, 2.45) is 12.8 Å². The fourth-order valence-electron chi connectivity index (χ4n) is 4.53. The first-order valence-corrected chi connectivity index (χ1v) is 11.5. The predicted molar refractivity (Wildman–Crippen MR) is 138 cm³/mol. The van der Waals surface area contributed by atoms with Gasteiger partial charge in [-0.1, -0.05) is 18.2 Å². The zero-order chi connectivity index (χ0) is 24.5. The Kier molecular flexibility index (Phi) is 6.74. The lowest BCUT2D eigenvalue weighted by Crippen LogP contribution is -2.57. The maximum absolute atomic E-state index is 6.64. The van der Waals surface area contributed by atoms with Crippen LogP contribution in [0.2, 0.25) is 0 Å². The summed E-state index contributed by atoms with van der Waals surface area (Å²) in [4.78, 5) is 11.6. The third-order valence-electron chi connectivity index (χ3n) is 6.62. The molecule has 180 valence electrons. The molecule has 8 nitrogen and oxygen atoms in total. The fourth-order valence-corrected chi connectivity index (χ4v) is 4.53. The molecule has 0 aliphatic heterocycles. The minimum absolute atomic E-state index is 0.248. The summed E-state index contributed by atoms with van der Waals surface area (Å²) in [5.74, 6) is 1.21. The van der Waals surface area contributed by atoms with E-state index in [0.29, 0.717) is 11.7 Å². The highest BCUT2D eigenvalue weighted by Crippen LogP contribution is 2.33. The molecule has 0 fully saturated rings. The van der Waals surface area contributed by atoms with Crippen LogP contribution < -0.4 is 16.4 Å². The Bertz CT molecular complexity index is 1240. The van der Waals surface area contributed by atoms with Gasteiger partial charge in [-0.15, -0.1) is 0 Å². The summed E-state index contributed by atoms with van der Waals surface area (Å²) in [6.45, 7) is 2.93. The lowest BCUT2D eigenvalue weighted by Gasteiger charge is -2.39. The molecule has 2 atom stereocenters. The van der Waals surface area contributed by atoms with Crippen LogP contribution in [0.3, 0.4) is 0 Å². The van der Waals surface area contributed by atoms with Crippen molar-refractivity contribution in [3.05, 3.63) is 65.8 Å². The highest BCUT2D eigenvalue weighted by Gasteiger charge is 2.37. The fraction of sp³-hybridized carbons (Fsp3) is 0.385. The Morgan fingerprint density at radius 3 is 2.74 bits per heavy atom. The SMILES string of the molecule is CNC1(CCN(C)C)C=C(OC)C(Nc2ncc(C)c(-c3cn(C)c4ccccc34)n2)=CC1N. The molecule has 0 amide bonds. The Morgan fingerprint density at radius 2 is 2.03 bits per heavy atom. The summed E-state index contributed by atoms with van der Waals surface area (Å²) < 4.78 is 7.87. The number of fused-ring (bicyclic) bond motifs is 1. The van der Waals surface area contributed by atoms with Crippen LogP contribution >= 0.6 is 0 Å². The van der Waals surface area contributed by atoms with Crippen LogP contribution in [0.4, 0.5) is 5.95 Å². The number of nitrogens with one attached hydrogen (secondary N) is 2. The molecule has 0 bridgehead atoms. The number of para-hydroxylation sites is 1. The summed E-state index contributed by atoms with van der Waals surface area (Å²) in [5, 5.41) is 7.93. The van der Waals surface area contributed by atoms with Gasteiger partial charge >= 0.3 is 0 Å². The van der Waals surface area contributed by atoms with Gasteiger partial charge in [0.2, 0.25) is 5.95 Å². The van der Waals surface area contributed by atoms with Crippen LogP contribution in [0.5, 0.6) is 0 Å². The summed E-state index contributed by atoms with van der Waals surface area (Å²) in [7, 11) is 9.77. The lowest BCUT2D eigenvalue weighted by molar-refractivity contribution is 0.260. The van der Waals surface area contributed by atoms with Crippen LogP contribution in [-0.2, 0) is 11.8 Å². The van der Waals surface area contributed by atoms with E-state index in [4.69, 9.17) is 15.5 Å². The standard InChI is InChI=1S/C26H35N7O/c1-17-15-29-25(31-24(17)19-16-33(5)21-10-8-7-9-18(19)21)30-20-13-23(27)26(28-2,11-12-32(3)4)14-22(20)34-6/h7-10,13-16,23,28H,11-12,27H2,1-6H3,(H,29,30,31). The number of benzene rings is 1. The molecule has 3 aromatic rings. The van der Waals surface area contributed by atoms with E-state index in [1.165, 1.54) is 0 Å². The van der Waals surface area contributed by atoms with Gasteiger partial charge in [-0.05, 0) is 64.8 Å². The number of methoxy groups -OCH3 is 1. The third-order valence-corrected chi connectivity index (χ3v) is 6.62. The largest absolute Gasteiger partial charge is 0.495 e. The Balaban J connectivity index is 1.67. The topological polar surface area (TPSA) is 93.3 Å². The smallest absolute Gasteiger partial charge is 0.227 e. The minimum atomic E-state index is -0.400. The van der Waals surface area contributed by atoms with Crippen molar-refractivity contribution >= 4 is 16.9 Å². The zero-order valence-corrected chi connectivity index (χ0v) is 20.9. The van der Waals surface area contributed by atoms with Crippen molar-refractivity contribution in [2.75, 3.05) is 40.1 Å². The molecule has 2 heterocycles. The second-order valence-electron chi connectivity index (χ2n) is 9.18. The van der Waals surface area contributed by atoms with E-state index in [-0.39, 0.29) is 6.04 Å². The summed E-state index contributed by atoms with van der Waals surface area (Å²) in [6, 6.07) is 8.09. The summed E-state index contributed by atoms with van der Waals surface area (Å²) in [5.41, 5.74) is 11.2. The van der Waals surface area contributed by atoms with Crippen molar-refractivity contribution in [1.82, 2.24) is 24.8 Å². The van der Waals surface area contributed by atoms with Crippen LogP contribution in [0.15, 0.2) is 60.3 Å². The van der Waals surface area contributed by atoms with Gasteiger partial charge < -0.3 is 30.6 Å². The number of aromatic nitrogens is 3. The second-order valence-corrected chi connectivity index (χ2v) is 9.18. The van der Waals surface area contributed by atoms with E-state index < -0.39 is 5.54 Å². The molecule has 34 heavy (non-hydrogen) atoms. The first-order chi connectivity index (χ1) is 16.3. The highest BCUT2D eigenvalue weighted by molar-refractivity contribution is 5.95. The monoisotopic (exact) mass is 461 g/mol. The van der Waals surface area contributed by atoms with Gasteiger partial charge in [0.15, 0.2) is 0 Å². The van der Waals surface area contributed by atoms with Gasteiger partial charge in [0.05, 0.1) is 24.0 Å². The number of anilines is 1. The molecule has 0 spiro atoms. The van der Waals surface area contributed by atoms with Crippen molar-refractivity contribution in [1.29, 1.82) is 0 Å². The molecular formula is C26H35N7O. The van der Waals surface area contributed by atoms with Crippen LogP contribution in [-0.4, -0.2) is 65.8 Å². The van der Waals surface area contributed by atoms with Crippen LogP contribution in [0.1, 0.15) is 12.0 Å².